The standard InChI is InChI=1S/C26H32N6O3/c1-4-18(3)30-16-20-24(26(30)35)31(17-23(33)29-13-11-28(5-2)12-14-29)22-15-21(27-32(22)25(20)34)19-9-7-6-8-10-19/h6-10,15,18H,4-5,11-14,16-17H2,1-3H3. The van der Waals surface area contributed by atoms with Gasteiger partial charge in [0.15, 0.2) is 0 Å². The maximum Gasteiger partial charge on any atom is 0.280 e. The number of rotatable bonds is 6. The molecule has 2 aromatic heterocycles. The largest absolute Gasteiger partial charge is 0.339 e. The second-order valence-corrected chi connectivity index (χ2v) is 9.39. The molecular formula is C26H32N6O3. The van der Waals surface area contributed by atoms with Crippen molar-refractivity contribution in [1.29, 1.82) is 0 Å². The van der Waals surface area contributed by atoms with Crippen LogP contribution in [-0.4, -0.2) is 79.5 Å². The molecule has 1 atom stereocenters. The average Bonchev–Trinajstić information content (AvgIpc) is 3.49. The third-order valence-corrected chi connectivity index (χ3v) is 7.42. The van der Waals surface area contributed by atoms with Crippen molar-refractivity contribution < 1.29 is 9.59 Å². The summed E-state index contributed by atoms with van der Waals surface area (Å²) in [5.74, 6) is -0.245. The molecule has 4 heterocycles. The van der Waals surface area contributed by atoms with Crippen LogP contribution in [0.2, 0.25) is 0 Å². The zero-order valence-electron chi connectivity index (χ0n) is 20.6. The molecule has 0 bridgehead atoms. The third-order valence-electron chi connectivity index (χ3n) is 7.42. The summed E-state index contributed by atoms with van der Waals surface area (Å²) in [6.45, 7) is 10.3. The zero-order valence-corrected chi connectivity index (χ0v) is 20.6. The SMILES string of the molecule is CCC(C)N1Cc2c(n(CC(=O)N3CCN(CC)CC3)c3cc(-c4ccccc4)nn3c2=O)C1=O. The van der Waals surface area contributed by atoms with Crippen molar-refractivity contribution in [2.45, 2.75) is 46.3 Å². The Morgan fingerprint density at radius 1 is 1.06 bits per heavy atom. The molecule has 0 spiro atoms. The number of amides is 2. The number of aromatic nitrogens is 3. The molecule has 0 aliphatic carbocycles. The van der Waals surface area contributed by atoms with E-state index in [4.69, 9.17) is 0 Å². The van der Waals surface area contributed by atoms with E-state index in [1.807, 2.05) is 49.1 Å². The second-order valence-electron chi connectivity index (χ2n) is 9.39. The topological polar surface area (TPSA) is 83.2 Å². The molecule has 184 valence electrons. The lowest BCUT2D eigenvalue weighted by Crippen LogP contribution is -2.49. The lowest BCUT2D eigenvalue weighted by Gasteiger charge is -2.34. The molecule has 9 nitrogen and oxygen atoms in total. The molecule has 2 aliphatic heterocycles. The number of likely N-dealkylation sites (N-methyl/N-ethyl adjacent to an activating group) is 1. The van der Waals surface area contributed by atoms with Gasteiger partial charge >= 0.3 is 0 Å². The Hall–Kier alpha value is -3.46. The van der Waals surface area contributed by atoms with Crippen LogP contribution in [0.25, 0.3) is 16.9 Å². The van der Waals surface area contributed by atoms with E-state index in [1.54, 1.807) is 15.5 Å². The van der Waals surface area contributed by atoms with Crippen LogP contribution in [-0.2, 0) is 17.9 Å². The number of fused-ring (bicyclic) bond motifs is 2. The van der Waals surface area contributed by atoms with Crippen LogP contribution in [0.3, 0.4) is 0 Å². The molecule has 0 radical (unpaired) electrons. The minimum atomic E-state index is -0.295. The Morgan fingerprint density at radius 3 is 2.43 bits per heavy atom. The predicted molar refractivity (Wildman–Crippen MR) is 133 cm³/mol. The van der Waals surface area contributed by atoms with Gasteiger partial charge in [0.05, 0.1) is 17.8 Å². The summed E-state index contributed by atoms with van der Waals surface area (Å²) in [6.07, 6.45) is 0.782. The number of hydrogen-bond donors (Lipinski definition) is 0. The summed E-state index contributed by atoms with van der Waals surface area (Å²) >= 11 is 0. The first-order chi connectivity index (χ1) is 16.9. The van der Waals surface area contributed by atoms with Crippen LogP contribution in [0.1, 0.15) is 43.2 Å². The highest BCUT2D eigenvalue weighted by molar-refractivity contribution is 5.98. The Kier molecular flexibility index (Phi) is 6.19. The summed E-state index contributed by atoms with van der Waals surface area (Å²) in [4.78, 5) is 46.3. The summed E-state index contributed by atoms with van der Waals surface area (Å²) in [7, 11) is 0. The lowest BCUT2D eigenvalue weighted by molar-refractivity contribution is -0.133. The van der Waals surface area contributed by atoms with Crippen LogP contribution in [0.4, 0.5) is 0 Å². The normalized spacial score (nSPS) is 17.3. The number of carbonyl (C=O) groups is 2. The number of benzene rings is 1. The van der Waals surface area contributed by atoms with Crippen molar-refractivity contribution >= 4 is 17.5 Å². The van der Waals surface area contributed by atoms with E-state index in [0.717, 1.165) is 31.6 Å². The maximum atomic E-state index is 13.5. The van der Waals surface area contributed by atoms with Gasteiger partial charge in [0, 0.05) is 43.9 Å². The van der Waals surface area contributed by atoms with Crippen molar-refractivity contribution in [2.24, 2.45) is 0 Å². The Labute approximate surface area is 204 Å². The predicted octanol–water partition coefficient (Wildman–Crippen LogP) is 2.08. The van der Waals surface area contributed by atoms with Crippen molar-refractivity contribution in [3.05, 3.63) is 58.0 Å². The molecule has 9 heteroatoms. The Balaban J connectivity index is 1.60. The number of piperazine rings is 1. The first-order valence-corrected chi connectivity index (χ1v) is 12.4. The molecular weight excluding hydrogens is 444 g/mol. The first-order valence-electron chi connectivity index (χ1n) is 12.4. The molecule has 1 saturated heterocycles. The quantitative estimate of drug-likeness (QED) is 0.544. The van der Waals surface area contributed by atoms with Crippen LogP contribution in [0.15, 0.2) is 41.2 Å². The molecule has 1 fully saturated rings. The van der Waals surface area contributed by atoms with Crippen LogP contribution < -0.4 is 5.56 Å². The summed E-state index contributed by atoms with van der Waals surface area (Å²) < 4.78 is 3.08. The highest BCUT2D eigenvalue weighted by atomic mass is 16.2. The zero-order chi connectivity index (χ0) is 24.7. The highest BCUT2D eigenvalue weighted by Crippen LogP contribution is 2.27. The minimum Gasteiger partial charge on any atom is -0.339 e. The molecule has 2 amide bonds. The fourth-order valence-corrected chi connectivity index (χ4v) is 5.02. The number of nitrogens with zero attached hydrogens (tertiary/aromatic N) is 6. The summed E-state index contributed by atoms with van der Waals surface area (Å²) in [5, 5.41) is 4.60. The average molecular weight is 477 g/mol. The first kappa shape index (κ1) is 23.3. The molecule has 5 rings (SSSR count). The van der Waals surface area contributed by atoms with E-state index in [2.05, 4.69) is 16.9 Å². The lowest BCUT2D eigenvalue weighted by atomic mass is 10.1. The fourth-order valence-electron chi connectivity index (χ4n) is 5.02. The highest BCUT2D eigenvalue weighted by Gasteiger charge is 2.37. The van der Waals surface area contributed by atoms with Gasteiger partial charge in [-0.05, 0) is 19.9 Å². The van der Waals surface area contributed by atoms with E-state index >= 15 is 0 Å². The number of carbonyl (C=O) groups excluding carboxylic acids is 2. The van der Waals surface area contributed by atoms with Crippen LogP contribution in [0.5, 0.6) is 0 Å². The van der Waals surface area contributed by atoms with Gasteiger partial charge in [0.2, 0.25) is 5.91 Å². The van der Waals surface area contributed by atoms with Crippen molar-refractivity contribution in [3.63, 3.8) is 0 Å². The maximum absolute atomic E-state index is 13.5. The Bertz CT molecular complexity index is 1320. The van der Waals surface area contributed by atoms with Gasteiger partial charge in [-0.3, -0.25) is 14.4 Å². The van der Waals surface area contributed by atoms with Crippen molar-refractivity contribution in [3.8, 4) is 11.3 Å². The monoisotopic (exact) mass is 476 g/mol. The van der Waals surface area contributed by atoms with E-state index in [-0.39, 0.29) is 36.5 Å². The molecule has 3 aromatic rings. The van der Waals surface area contributed by atoms with Gasteiger partial charge in [-0.15, -0.1) is 0 Å². The van der Waals surface area contributed by atoms with Gasteiger partial charge in [0.1, 0.15) is 17.9 Å². The summed E-state index contributed by atoms with van der Waals surface area (Å²) in [6, 6.07) is 11.4. The minimum absolute atomic E-state index is 0.00174. The van der Waals surface area contributed by atoms with Gasteiger partial charge in [-0.1, -0.05) is 44.2 Å². The molecule has 35 heavy (non-hydrogen) atoms. The van der Waals surface area contributed by atoms with Crippen LogP contribution >= 0.6 is 0 Å². The summed E-state index contributed by atoms with van der Waals surface area (Å²) in [5.41, 5.74) is 2.41. The van der Waals surface area contributed by atoms with E-state index in [1.165, 1.54) is 4.52 Å². The molecule has 2 aliphatic rings. The fraction of sp³-hybridized carbons (Fsp3) is 0.462. The smallest absolute Gasteiger partial charge is 0.280 e. The molecule has 1 unspecified atom stereocenters. The third kappa shape index (κ3) is 4.03. The van der Waals surface area contributed by atoms with Gasteiger partial charge < -0.3 is 19.3 Å². The van der Waals surface area contributed by atoms with Gasteiger partial charge in [-0.25, -0.2) is 0 Å². The van der Waals surface area contributed by atoms with Crippen molar-refractivity contribution in [2.75, 3.05) is 32.7 Å². The van der Waals surface area contributed by atoms with E-state index in [9.17, 15) is 14.4 Å². The molecule has 0 N–H and O–H groups in total. The second kappa shape index (κ2) is 9.30. The van der Waals surface area contributed by atoms with Gasteiger partial charge in [0.25, 0.3) is 11.5 Å². The van der Waals surface area contributed by atoms with Crippen molar-refractivity contribution in [1.82, 2.24) is 28.9 Å². The Morgan fingerprint density at radius 2 is 1.77 bits per heavy atom. The molecule has 0 saturated carbocycles. The van der Waals surface area contributed by atoms with E-state index in [0.29, 0.717) is 35.7 Å². The van der Waals surface area contributed by atoms with Gasteiger partial charge in [-0.2, -0.15) is 9.61 Å². The van der Waals surface area contributed by atoms with Crippen LogP contribution in [0, 0.1) is 0 Å². The number of hydrogen-bond acceptors (Lipinski definition) is 5. The molecule has 1 aromatic carbocycles. The van der Waals surface area contributed by atoms with E-state index < -0.39 is 0 Å².